The molecule has 21 heavy (non-hydrogen) atoms. The van der Waals surface area contributed by atoms with Crippen LogP contribution >= 0.6 is 0 Å². The van der Waals surface area contributed by atoms with Gasteiger partial charge < -0.3 is 11.1 Å². The van der Waals surface area contributed by atoms with Gasteiger partial charge in [0.1, 0.15) is 0 Å². The van der Waals surface area contributed by atoms with Crippen molar-refractivity contribution in [3.8, 4) is 5.69 Å². The highest BCUT2D eigenvalue weighted by Gasteiger charge is 2.03. The van der Waals surface area contributed by atoms with E-state index in [-0.39, 0.29) is 5.91 Å². The zero-order chi connectivity index (χ0) is 14.9. The summed E-state index contributed by atoms with van der Waals surface area (Å²) in [5, 5.41) is 11.0. The topological polar surface area (TPSA) is 85.8 Å². The molecule has 1 heterocycles. The first kappa shape index (κ1) is 15.2. The molecular weight excluding hydrogens is 266 g/mol. The predicted octanol–water partition coefficient (Wildman–Crippen LogP) is 2.12. The van der Waals surface area contributed by atoms with Gasteiger partial charge in [-0.25, -0.2) is 0 Å². The molecule has 1 amide bonds. The number of anilines is 1. The Bertz CT molecular complexity index is 536. The van der Waals surface area contributed by atoms with Gasteiger partial charge in [0.2, 0.25) is 5.91 Å². The molecule has 0 saturated heterocycles. The zero-order valence-electron chi connectivity index (χ0n) is 12.0. The largest absolute Gasteiger partial charge is 0.330 e. The van der Waals surface area contributed by atoms with E-state index in [1.807, 2.05) is 24.3 Å². The van der Waals surface area contributed by atoms with E-state index in [0.717, 1.165) is 43.6 Å². The van der Waals surface area contributed by atoms with Crippen LogP contribution in [-0.4, -0.2) is 27.4 Å². The third-order valence-corrected chi connectivity index (χ3v) is 3.16. The fourth-order valence-electron chi connectivity index (χ4n) is 2.03. The summed E-state index contributed by atoms with van der Waals surface area (Å²) in [5.74, 6) is 0.0488. The van der Waals surface area contributed by atoms with Gasteiger partial charge in [0, 0.05) is 12.1 Å². The first-order chi connectivity index (χ1) is 10.3. The second kappa shape index (κ2) is 8.16. The van der Waals surface area contributed by atoms with Crippen molar-refractivity contribution in [3.63, 3.8) is 0 Å². The second-order valence-electron chi connectivity index (χ2n) is 4.87. The van der Waals surface area contributed by atoms with Crippen LogP contribution in [0.2, 0.25) is 0 Å². The van der Waals surface area contributed by atoms with E-state index < -0.39 is 0 Å². The summed E-state index contributed by atoms with van der Waals surface area (Å²) in [6.07, 6.45) is 7.88. The number of rotatable bonds is 8. The van der Waals surface area contributed by atoms with Crippen molar-refractivity contribution in [2.45, 2.75) is 32.1 Å². The number of nitrogens with one attached hydrogen (secondary N) is 1. The number of amides is 1. The molecule has 2 aromatic rings. The normalized spacial score (nSPS) is 10.5. The molecule has 0 aliphatic carbocycles. The standard InChI is InChI=1S/C15H21N5O/c16-10-4-2-1-3-5-15(21)19-13-6-8-14(9-7-13)20-17-11-12-18-20/h6-9,11-12H,1-5,10,16H2,(H,19,21). The van der Waals surface area contributed by atoms with E-state index >= 15 is 0 Å². The van der Waals surface area contributed by atoms with Gasteiger partial charge in [-0.15, -0.1) is 0 Å². The summed E-state index contributed by atoms with van der Waals surface area (Å²) < 4.78 is 0. The predicted molar refractivity (Wildman–Crippen MR) is 82.1 cm³/mol. The van der Waals surface area contributed by atoms with E-state index in [4.69, 9.17) is 5.73 Å². The molecule has 1 aromatic carbocycles. The molecular formula is C15H21N5O. The van der Waals surface area contributed by atoms with Crippen LogP contribution in [0.25, 0.3) is 5.69 Å². The van der Waals surface area contributed by atoms with Gasteiger partial charge in [-0.3, -0.25) is 4.79 Å². The molecule has 6 nitrogen and oxygen atoms in total. The number of carbonyl (C=O) groups is 1. The van der Waals surface area contributed by atoms with Crippen LogP contribution in [0.5, 0.6) is 0 Å². The van der Waals surface area contributed by atoms with Crippen LogP contribution in [0, 0.1) is 0 Å². The molecule has 6 heteroatoms. The molecule has 1 aromatic heterocycles. The van der Waals surface area contributed by atoms with Crippen LogP contribution in [0.3, 0.4) is 0 Å². The minimum Gasteiger partial charge on any atom is -0.330 e. The number of hydrogen-bond donors (Lipinski definition) is 2. The van der Waals surface area contributed by atoms with Gasteiger partial charge in [-0.2, -0.15) is 15.0 Å². The lowest BCUT2D eigenvalue weighted by molar-refractivity contribution is -0.116. The van der Waals surface area contributed by atoms with Gasteiger partial charge in [-0.05, 0) is 43.7 Å². The van der Waals surface area contributed by atoms with E-state index in [1.54, 1.807) is 12.4 Å². The summed E-state index contributed by atoms with van der Waals surface area (Å²) in [4.78, 5) is 13.3. The van der Waals surface area contributed by atoms with Crippen LogP contribution in [-0.2, 0) is 4.79 Å². The summed E-state index contributed by atoms with van der Waals surface area (Å²) in [6, 6.07) is 7.45. The Morgan fingerprint density at radius 2 is 1.71 bits per heavy atom. The summed E-state index contributed by atoms with van der Waals surface area (Å²) in [5.41, 5.74) is 7.08. The maximum atomic E-state index is 11.8. The molecule has 0 bridgehead atoms. The fourth-order valence-corrected chi connectivity index (χ4v) is 2.03. The summed E-state index contributed by atoms with van der Waals surface area (Å²) >= 11 is 0. The van der Waals surface area contributed by atoms with Gasteiger partial charge >= 0.3 is 0 Å². The molecule has 2 rings (SSSR count). The van der Waals surface area contributed by atoms with E-state index in [0.29, 0.717) is 6.42 Å². The highest BCUT2D eigenvalue weighted by molar-refractivity contribution is 5.90. The Kier molecular flexibility index (Phi) is 5.90. The van der Waals surface area contributed by atoms with E-state index in [9.17, 15) is 4.79 Å². The van der Waals surface area contributed by atoms with Crippen molar-refractivity contribution >= 4 is 11.6 Å². The third-order valence-electron chi connectivity index (χ3n) is 3.16. The third kappa shape index (κ3) is 5.00. The van der Waals surface area contributed by atoms with Gasteiger partial charge in [-0.1, -0.05) is 12.8 Å². The molecule has 0 radical (unpaired) electrons. The maximum Gasteiger partial charge on any atom is 0.224 e. The second-order valence-corrected chi connectivity index (χ2v) is 4.87. The molecule has 0 unspecified atom stereocenters. The van der Waals surface area contributed by atoms with Gasteiger partial charge in [0.25, 0.3) is 0 Å². The van der Waals surface area contributed by atoms with Crippen LogP contribution in [0.1, 0.15) is 32.1 Å². The molecule has 0 saturated carbocycles. The summed E-state index contributed by atoms with van der Waals surface area (Å²) in [7, 11) is 0. The molecule has 0 fully saturated rings. The zero-order valence-corrected chi connectivity index (χ0v) is 12.0. The molecule has 3 N–H and O–H groups in total. The highest BCUT2D eigenvalue weighted by Crippen LogP contribution is 2.12. The highest BCUT2D eigenvalue weighted by atomic mass is 16.1. The Morgan fingerprint density at radius 1 is 1.05 bits per heavy atom. The van der Waals surface area contributed by atoms with Crippen molar-refractivity contribution in [2.75, 3.05) is 11.9 Å². The smallest absolute Gasteiger partial charge is 0.224 e. The molecule has 0 aliphatic heterocycles. The minimum atomic E-state index is 0.0488. The Morgan fingerprint density at radius 3 is 2.38 bits per heavy atom. The average molecular weight is 287 g/mol. The van der Waals surface area contributed by atoms with Crippen molar-refractivity contribution < 1.29 is 4.79 Å². The van der Waals surface area contributed by atoms with Crippen molar-refractivity contribution in [2.24, 2.45) is 5.73 Å². The van der Waals surface area contributed by atoms with Crippen LogP contribution in [0.15, 0.2) is 36.7 Å². The lowest BCUT2D eigenvalue weighted by Gasteiger charge is -2.06. The Balaban J connectivity index is 1.76. The number of nitrogens with two attached hydrogens (primary N) is 1. The maximum absolute atomic E-state index is 11.8. The van der Waals surface area contributed by atoms with Crippen molar-refractivity contribution in [1.29, 1.82) is 0 Å². The van der Waals surface area contributed by atoms with Gasteiger partial charge in [0.05, 0.1) is 18.1 Å². The Hall–Kier alpha value is -2.21. The Labute approximate surface area is 124 Å². The molecule has 0 atom stereocenters. The monoisotopic (exact) mass is 287 g/mol. The first-order valence-corrected chi connectivity index (χ1v) is 7.26. The van der Waals surface area contributed by atoms with E-state index in [1.165, 1.54) is 4.80 Å². The fraction of sp³-hybridized carbons (Fsp3) is 0.400. The SMILES string of the molecule is NCCCCCCC(=O)Nc1ccc(-n2nccn2)cc1. The van der Waals surface area contributed by atoms with Crippen LogP contribution in [0.4, 0.5) is 5.69 Å². The lowest BCUT2D eigenvalue weighted by Crippen LogP contribution is -2.11. The lowest BCUT2D eigenvalue weighted by atomic mass is 10.1. The first-order valence-electron chi connectivity index (χ1n) is 7.26. The van der Waals surface area contributed by atoms with Gasteiger partial charge in [0.15, 0.2) is 0 Å². The number of unbranched alkanes of at least 4 members (excludes halogenated alkanes) is 3. The number of nitrogens with zero attached hydrogens (tertiary/aromatic N) is 3. The number of carbonyl (C=O) groups excluding carboxylic acids is 1. The quantitative estimate of drug-likeness (QED) is 0.728. The number of aromatic nitrogens is 3. The molecule has 0 aliphatic rings. The number of hydrogen-bond acceptors (Lipinski definition) is 4. The molecule has 112 valence electrons. The van der Waals surface area contributed by atoms with Crippen molar-refractivity contribution in [3.05, 3.63) is 36.7 Å². The minimum absolute atomic E-state index is 0.0488. The van der Waals surface area contributed by atoms with E-state index in [2.05, 4.69) is 15.5 Å². The number of benzene rings is 1. The summed E-state index contributed by atoms with van der Waals surface area (Å²) in [6.45, 7) is 0.726. The average Bonchev–Trinajstić information content (AvgIpc) is 3.02. The van der Waals surface area contributed by atoms with Crippen LogP contribution < -0.4 is 11.1 Å². The van der Waals surface area contributed by atoms with Crippen molar-refractivity contribution in [1.82, 2.24) is 15.0 Å². The molecule has 0 spiro atoms.